The zero-order chi connectivity index (χ0) is 43.4. The molecule has 0 aliphatic heterocycles. The van der Waals surface area contributed by atoms with Crippen LogP contribution in [0.15, 0.2) is 58.7 Å². The smallest absolute Gasteiger partial charge is 0.192 e. The number of hydrogen-bond donors (Lipinski definition) is 0. The van der Waals surface area contributed by atoms with Crippen molar-refractivity contribution in [1.82, 2.24) is 0 Å². The van der Waals surface area contributed by atoms with Crippen LogP contribution in [0.4, 0.5) is 52.7 Å². The predicted molar refractivity (Wildman–Crippen MR) is 170 cm³/mol. The molecule has 0 fully saturated rings. The van der Waals surface area contributed by atoms with Crippen LogP contribution < -0.4 is 0 Å². The Morgan fingerprint density at radius 2 is 0.569 bits per heavy atom. The van der Waals surface area contributed by atoms with Crippen LogP contribution in [0, 0.1) is 90.6 Å². The SMILES string of the molecule is N#CC(C#N)=C1C(C#N)=C(C#N)c2c1c(-c1cc(C(F)(F)F)cc(C(F)(F)F)c1)c1c(c2-c2cc(C(F)(F)F)cc(C(F)(F)F)c2)C(=C(C#N)C#N)C(C#N)=C1C#N. The maximum absolute atomic E-state index is 14.3. The van der Waals surface area contributed by atoms with Crippen molar-refractivity contribution in [3.63, 3.8) is 0 Å². The number of alkyl halides is 12. The molecular weight excluding hydrogens is 796 g/mol. The standard InChI is InChI=1S/C38H6F12N8/c39-35(40,41)19-1-15(2-20(5-19)36(42,43)44)29-31-25(13-57)23(11-55)28(18(9-53)10-54)34(31)30(16-3-21(37(45,46)47)6-22(4-16)38(48,49)50)32-26(14-58)24(12-56)27(33(29)32)17(7-51)8-52/h1-6H. The number of rotatable bonds is 2. The first-order valence-corrected chi connectivity index (χ1v) is 15.0. The summed E-state index contributed by atoms with van der Waals surface area (Å²) in [6, 6.07) is 10.3. The van der Waals surface area contributed by atoms with Gasteiger partial charge >= 0.3 is 24.7 Å². The van der Waals surface area contributed by atoms with Crippen LogP contribution in [0.25, 0.3) is 44.5 Å². The number of halogens is 12. The zero-order valence-corrected chi connectivity index (χ0v) is 27.6. The molecule has 0 heterocycles. The third-order valence-corrected chi connectivity index (χ3v) is 8.65. The van der Waals surface area contributed by atoms with Gasteiger partial charge in [-0.05, 0) is 58.7 Å². The van der Waals surface area contributed by atoms with Gasteiger partial charge in [-0.1, -0.05) is 0 Å². The second-order valence-corrected chi connectivity index (χ2v) is 11.7. The molecule has 2 aliphatic rings. The summed E-state index contributed by atoms with van der Waals surface area (Å²) in [6.07, 6.45) is -22.5. The summed E-state index contributed by atoms with van der Waals surface area (Å²) in [5.74, 6) is 0. The van der Waals surface area contributed by atoms with Crippen molar-refractivity contribution in [2.75, 3.05) is 0 Å². The fraction of sp³-hybridized carbons (Fsp3) is 0.105. The highest BCUT2D eigenvalue weighted by Crippen LogP contribution is 2.60. The minimum absolute atomic E-state index is 0.0293. The van der Waals surface area contributed by atoms with Gasteiger partial charge in [0.2, 0.25) is 0 Å². The Morgan fingerprint density at radius 3 is 0.759 bits per heavy atom. The molecule has 0 aromatic heterocycles. The quantitative estimate of drug-likeness (QED) is 0.180. The van der Waals surface area contributed by atoms with Gasteiger partial charge in [-0.2, -0.15) is 94.8 Å². The third-order valence-electron chi connectivity index (χ3n) is 8.65. The van der Waals surface area contributed by atoms with Crippen LogP contribution in [-0.2, 0) is 24.7 Å². The topological polar surface area (TPSA) is 190 Å². The molecule has 0 unspecified atom stereocenters. The number of nitrogens with zero attached hydrogens (tertiary/aromatic N) is 8. The molecule has 20 heteroatoms. The molecule has 5 rings (SSSR count). The van der Waals surface area contributed by atoms with Gasteiger partial charge in [-0.25, -0.2) is 0 Å². The van der Waals surface area contributed by atoms with Gasteiger partial charge < -0.3 is 0 Å². The molecule has 8 nitrogen and oxygen atoms in total. The Bertz CT molecular complexity index is 2620. The van der Waals surface area contributed by atoms with Crippen molar-refractivity contribution < 1.29 is 52.7 Å². The second kappa shape index (κ2) is 13.8. The van der Waals surface area contributed by atoms with Crippen LogP contribution in [0.2, 0.25) is 0 Å². The van der Waals surface area contributed by atoms with Gasteiger partial charge in [-0.15, -0.1) is 0 Å². The first kappa shape index (κ1) is 40.9. The van der Waals surface area contributed by atoms with E-state index >= 15 is 0 Å². The van der Waals surface area contributed by atoms with Crippen LogP contribution in [-0.4, -0.2) is 0 Å². The second-order valence-electron chi connectivity index (χ2n) is 11.7. The van der Waals surface area contributed by atoms with Crippen molar-refractivity contribution in [3.8, 4) is 70.8 Å². The Balaban J connectivity index is 2.37. The summed E-state index contributed by atoms with van der Waals surface area (Å²) in [4.78, 5) is 0. The van der Waals surface area contributed by atoms with Crippen molar-refractivity contribution in [2.45, 2.75) is 24.7 Å². The first-order valence-electron chi connectivity index (χ1n) is 15.0. The highest BCUT2D eigenvalue weighted by molar-refractivity contribution is 6.23. The maximum Gasteiger partial charge on any atom is 0.416 e. The number of hydrogen-bond acceptors (Lipinski definition) is 8. The molecule has 0 saturated carbocycles. The lowest BCUT2D eigenvalue weighted by Crippen LogP contribution is -2.13. The summed E-state index contributed by atoms with van der Waals surface area (Å²) in [5.41, 5.74) is -26.3. The number of allylic oxidation sites excluding steroid dienone is 8. The van der Waals surface area contributed by atoms with E-state index in [0.29, 0.717) is 0 Å². The Labute approximate surface area is 315 Å². The number of fused-ring (bicyclic) bond motifs is 2. The molecular formula is C38H6F12N8. The summed E-state index contributed by atoms with van der Waals surface area (Å²) >= 11 is 0. The average Bonchev–Trinajstić information content (AvgIpc) is 3.65. The van der Waals surface area contributed by atoms with Crippen molar-refractivity contribution in [2.24, 2.45) is 0 Å². The summed E-state index contributed by atoms with van der Waals surface area (Å²) < 4.78 is 172. The van der Waals surface area contributed by atoms with Crippen LogP contribution in [0.5, 0.6) is 0 Å². The zero-order valence-electron chi connectivity index (χ0n) is 27.6. The van der Waals surface area contributed by atoms with Crippen molar-refractivity contribution >= 4 is 22.3 Å². The summed E-state index contributed by atoms with van der Waals surface area (Å²) in [7, 11) is 0. The largest absolute Gasteiger partial charge is 0.416 e. The molecule has 0 bridgehead atoms. The molecule has 0 amide bonds. The van der Waals surface area contributed by atoms with E-state index in [1.807, 2.05) is 0 Å². The fourth-order valence-corrected chi connectivity index (χ4v) is 6.50. The molecule has 0 atom stereocenters. The van der Waals surface area contributed by atoms with Gasteiger partial charge in [0, 0.05) is 33.4 Å². The molecule has 3 aromatic carbocycles. The van der Waals surface area contributed by atoms with Gasteiger partial charge in [0.1, 0.15) is 59.7 Å². The first-order chi connectivity index (χ1) is 27.0. The van der Waals surface area contributed by atoms with E-state index in [9.17, 15) is 94.8 Å². The monoisotopic (exact) mass is 802 g/mol. The molecule has 0 N–H and O–H groups in total. The normalized spacial score (nSPS) is 13.5. The summed E-state index contributed by atoms with van der Waals surface area (Å²) in [6.45, 7) is 0. The predicted octanol–water partition coefficient (Wildman–Crippen LogP) is 10.3. The highest BCUT2D eigenvalue weighted by atomic mass is 19.4. The Kier molecular flexibility index (Phi) is 9.71. The number of benzene rings is 3. The molecule has 0 saturated heterocycles. The molecule has 2 aliphatic carbocycles. The maximum atomic E-state index is 14.3. The van der Waals surface area contributed by atoms with Gasteiger partial charge in [0.25, 0.3) is 0 Å². The van der Waals surface area contributed by atoms with E-state index in [2.05, 4.69) is 0 Å². The van der Waals surface area contributed by atoms with Gasteiger partial charge in [0.15, 0.2) is 0 Å². The lowest BCUT2D eigenvalue weighted by Gasteiger charge is -2.24. The average molecular weight is 802 g/mol. The Hall–Kier alpha value is -8.30. The van der Waals surface area contributed by atoms with E-state index in [1.54, 1.807) is 0 Å². The summed E-state index contributed by atoms with van der Waals surface area (Å²) in [5, 5.41) is 81.3. The van der Waals surface area contributed by atoms with Crippen LogP contribution >= 0.6 is 0 Å². The van der Waals surface area contributed by atoms with Crippen LogP contribution in [0.3, 0.4) is 0 Å². The van der Waals surface area contributed by atoms with E-state index in [1.165, 1.54) is 48.6 Å². The molecule has 282 valence electrons. The Morgan fingerprint density at radius 1 is 0.328 bits per heavy atom. The van der Waals surface area contributed by atoms with E-state index in [0.717, 1.165) is 0 Å². The van der Waals surface area contributed by atoms with Crippen molar-refractivity contribution in [1.29, 1.82) is 42.1 Å². The lowest BCUT2D eigenvalue weighted by atomic mass is 9.77. The molecule has 58 heavy (non-hydrogen) atoms. The molecule has 3 aromatic rings. The number of nitriles is 8. The highest BCUT2D eigenvalue weighted by Gasteiger charge is 2.46. The van der Waals surface area contributed by atoms with E-state index in [4.69, 9.17) is 0 Å². The lowest BCUT2D eigenvalue weighted by molar-refractivity contribution is -0.144. The fourth-order valence-electron chi connectivity index (χ4n) is 6.50. The molecule has 0 spiro atoms. The third kappa shape index (κ3) is 6.38. The molecule has 0 radical (unpaired) electrons. The van der Waals surface area contributed by atoms with Crippen LogP contribution in [0.1, 0.15) is 44.5 Å². The van der Waals surface area contributed by atoms with Gasteiger partial charge in [0.05, 0.1) is 44.5 Å². The van der Waals surface area contributed by atoms with E-state index in [-0.39, 0.29) is 36.4 Å². The van der Waals surface area contributed by atoms with E-state index < -0.39 is 136 Å². The van der Waals surface area contributed by atoms with Gasteiger partial charge in [-0.3, -0.25) is 0 Å². The van der Waals surface area contributed by atoms with Crippen molar-refractivity contribution in [3.05, 3.63) is 103 Å². The minimum atomic E-state index is -5.61. The minimum Gasteiger partial charge on any atom is -0.192 e.